The van der Waals surface area contributed by atoms with Crippen LogP contribution >= 0.6 is 15.9 Å². The zero-order valence-electron chi connectivity index (χ0n) is 11.9. The number of hydrogen-bond donors (Lipinski definition) is 3. The molecule has 0 aromatic heterocycles. The van der Waals surface area contributed by atoms with Crippen LogP contribution in [-0.2, 0) is 0 Å². The summed E-state index contributed by atoms with van der Waals surface area (Å²) < 4.78 is 6.50. The number of halogens is 1. The predicted molar refractivity (Wildman–Crippen MR) is 84.0 cm³/mol. The fraction of sp³-hybridized carbons (Fsp3) is 0.600. The van der Waals surface area contributed by atoms with Crippen molar-refractivity contribution in [1.29, 1.82) is 0 Å². The molecule has 5 heteroatoms. The van der Waals surface area contributed by atoms with E-state index in [1.54, 1.807) is 0 Å². The van der Waals surface area contributed by atoms with Crippen LogP contribution in [0.5, 0.6) is 5.75 Å². The third kappa shape index (κ3) is 7.24. The first-order valence-electron chi connectivity index (χ1n) is 7.03. The first kappa shape index (κ1) is 17.4. The molecular formula is C15H24BrNO3. The van der Waals surface area contributed by atoms with Gasteiger partial charge >= 0.3 is 0 Å². The van der Waals surface area contributed by atoms with E-state index in [9.17, 15) is 5.11 Å². The predicted octanol–water partition coefficient (Wildman–Crippen LogP) is 2.19. The minimum atomic E-state index is -0.537. The van der Waals surface area contributed by atoms with Crippen molar-refractivity contribution >= 4 is 15.9 Å². The van der Waals surface area contributed by atoms with Crippen LogP contribution in [0.25, 0.3) is 0 Å². The van der Waals surface area contributed by atoms with Gasteiger partial charge < -0.3 is 20.3 Å². The molecule has 1 aromatic carbocycles. The summed E-state index contributed by atoms with van der Waals surface area (Å²) in [6, 6.07) is 7.53. The van der Waals surface area contributed by atoms with E-state index in [2.05, 4.69) is 28.2 Å². The summed E-state index contributed by atoms with van der Waals surface area (Å²) in [7, 11) is 0. The van der Waals surface area contributed by atoms with Gasteiger partial charge in [0, 0.05) is 17.6 Å². The molecule has 0 aliphatic heterocycles. The van der Waals surface area contributed by atoms with Crippen molar-refractivity contribution in [2.45, 2.75) is 25.9 Å². The molecule has 0 heterocycles. The van der Waals surface area contributed by atoms with E-state index in [0.29, 0.717) is 12.5 Å². The molecule has 0 amide bonds. The van der Waals surface area contributed by atoms with Crippen LogP contribution in [0.15, 0.2) is 28.7 Å². The molecule has 0 saturated carbocycles. The minimum Gasteiger partial charge on any atom is -0.491 e. The van der Waals surface area contributed by atoms with Crippen molar-refractivity contribution in [2.24, 2.45) is 5.92 Å². The van der Waals surface area contributed by atoms with Crippen molar-refractivity contribution in [3.8, 4) is 5.75 Å². The number of nitrogens with one attached hydrogen (secondary N) is 1. The lowest BCUT2D eigenvalue weighted by molar-refractivity contribution is 0.105. The fourth-order valence-electron chi connectivity index (χ4n) is 1.87. The molecule has 2 unspecified atom stereocenters. The number of benzene rings is 1. The van der Waals surface area contributed by atoms with Crippen molar-refractivity contribution in [3.05, 3.63) is 28.7 Å². The van der Waals surface area contributed by atoms with Gasteiger partial charge in [0.05, 0.1) is 0 Å². The van der Waals surface area contributed by atoms with E-state index in [0.717, 1.165) is 29.6 Å². The second kappa shape index (κ2) is 10.2. The average molecular weight is 346 g/mol. The van der Waals surface area contributed by atoms with Crippen LogP contribution in [0, 0.1) is 5.92 Å². The highest BCUT2D eigenvalue weighted by Gasteiger charge is 2.08. The molecular weight excluding hydrogens is 322 g/mol. The van der Waals surface area contributed by atoms with Gasteiger partial charge in [-0.15, -0.1) is 0 Å². The Morgan fingerprint density at radius 2 is 1.95 bits per heavy atom. The first-order chi connectivity index (χ1) is 9.65. The second-order valence-electron chi connectivity index (χ2n) is 4.86. The van der Waals surface area contributed by atoms with Gasteiger partial charge in [-0.1, -0.05) is 29.3 Å². The molecule has 0 spiro atoms. The zero-order chi connectivity index (χ0) is 14.8. The molecule has 1 rings (SSSR count). The number of aliphatic hydroxyl groups excluding tert-OH is 2. The summed E-state index contributed by atoms with van der Waals surface area (Å²) in [5.74, 6) is 1.21. The van der Waals surface area contributed by atoms with E-state index in [4.69, 9.17) is 9.84 Å². The lowest BCUT2D eigenvalue weighted by Crippen LogP contribution is -2.34. The molecule has 0 aliphatic rings. The van der Waals surface area contributed by atoms with Crippen LogP contribution in [0.4, 0.5) is 0 Å². The van der Waals surface area contributed by atoms with Crippen LogP contribution < -0.4 is 10.1 Å². The fourth-order valence-corrected chi connectivity index (χ4v) is 2.13. The van der Waals surface area contributed by atoms with Gasteiger partial charge in [-0.2, -0.15) is 0 Å². The summed E-state index contributed by atoms with van der Waals surface area (Å²) in [5.41, 5.74) is 0. The normalized spacial score (nSPS) is 14.0. The maximum Gasteiger partial charge on any atom is 0.119 e. The minimum absolute atomic E-state index is 0.218. The van der Waals surface area contributed by atoms with Crippen LogP contribution in [-0.4, -0.2) is 42.6 Å². The van der Waals surface area contributed by atoms with E-state index in [-0.39, 0.29) is 13.2 Å². The quantitative estimate of drug-likeness (QED) is 0.608. The van der Waals surface area contributed by atoms with Crippen molar-refractivity contribution < 1.29 is 14.9 Å². The lowest BCUT2D eigenvalue weighted by atomic mass is 10.0. The Kier molecular flexibility index (Phi) is 8.85. The molecule has 1 aromatic rings. The number of hydrogen-bond acceptors (Lipinski definition) is 4. The number of rotatable bonds is 10. The summed E-state index contributed by atoms with van der Waals surface area (Å²) in [6.07, 6.45) is 1.29. The maximum absolute atomic E-state index is 9.83. The Bertz CT molecular complexity index is 359. The van der Waals surface area contributed by atoms with Gasteiger partial charge in [0.1, 0.15) is 18.5 Å². The third-order valence-electron chi connectivity index (χ3n) is 3.18. The highest BCUT2D eigenvalue weighted by molar-refractivity contribution is 9.10. The number of aliphatic hydroxyl groups is 2. The summed E-state index contributed by atoms with van der Waals surface area (Å²) in [6.45, 7) is 3.90. The maximum atomic E-state index is 9.83. The highest BCUT2D eigenvalue weighted by Crippen LogP contribution is 2.16. The SMILES string of the molecule is CCC(CCO)CNCC(O)COc1ccc(Br)cc1. The van der Waals surface area contributed by atoms with Crippen molar-refractivity contribution in [2.75, 3.05) is 26.3 Å². The summed E-state index contributed by atoms with van der Waals surface area (Å²) in [4.78, 5) is 0. The van der Waals surface area contributed by atoms with Gasteiger partial charge in [0.2, 0.25) is 0 Å². The molecule has 2 atom stereocenters. The highest BCUT2D eigenvalue weighted by atomic mass is 79.9. The van der Waals surface area contributed by atoms with E-state index in [1.807, 2.05) is 24.3 Å². The smallest absolute Gasteiger partial charge is 0.119 e. The van der Waals surface area contributed by atoms with Crippen molar-refractivity contribution in [1.82, 2.24) is 5.32 Å². The lowest BCUT2D eigenvalue weighted by Gasteiger charge is -2.17. The second-order valence-corrected chi connectivity index (χ2v) is 5.78. The molecule has 0 bridgehead atoms. The largest absolute Gasteiger partial charge is 0.491 e. The van der Waals surface area contributed by atoms with Gasteiger partial charge in [0.15, 0.2) is 0 Å². The molecule has 0 radical (unpaired) electrons. The Labute approximate surface area is 129 Å². The van der Waals surface area contributed by atoms with E-state index < -0.39 is 6.10 Å². The molecule has 20 heavy (non-hydrogen) atoms. The number of ether oxygens (including phenoxy) is 1. The Balaban J connectivity index is 2.16. The Morgan fingerprint density at radius 3 is 2.55 bits per heavy atom. The Hall–Kier alpha value is -0.620. The standard InChI is InChI=1S/C15H24BrNO3/c1-2-12(7-8-18)9-17-10-14(19)11-20-15-5-3-13(16)4-6-15/h3-6,12,14,17-19H,2,7-11H2,1H3. The molecule has 114 valence electrons. The topological polar surface area (TPSA) is 61.7 Å². The summed E-state index contributed by atoms with van der Waals surface area (Å²) in [5, 5.41) is 22.0. The van der Waals surface area contributed by atoms with Crippen LogP contribution in [0.1, 0.15) is 19.8 Å². The molecule has 3 N–H and O–H groups in total. The molecule has 4 nitrogen and oxygen atoms in total. The molecule has 0 saturated heterocycles. The average Bonchev–Trinajstić information content (AvgIpc) is 2.45. The van der Waals surface area contributed by atoms with Gasteiger partial charge in [-0.05, 0) is 43.1 Å². The van der Waals surface area contributed by atoms with E-state index in [1.165, 1.54) is 0 Å². The molecule has 0 aliphatic carbocycles. The van der Waals surface area contributed by atoms with Crippen LogP contribution in [0.2, 0.25) is 0 Å². The Morgan fingerprint density at radius 1 is 1.25 bits per heavy atom. The summed E-state index contributed by atoms with van der Waals surface area (Å²) >= 11 is 3.36. The van der Waals surface area contributed by atoms with Crippen LogP contribution in [0.3, 0.4) is 0 Å². The van der Waals surface area contributed by atoms with Gasteiger partial charge in [-0.25, -0.2) is 0 Å². The van der Waals surface area contributed by atoms with Crippen molar-refractivity contribution in [3.63, 3.8) is 0 Å². The van der Waals surface area contributed by atoms with Gasteiger partial charge in [-0.3, -0.25) is 0 Å². The third-order valence-corrected chi connectivity index (χ3v) is 3.71. The monoisotopic (exact) mass is 345 g/mol. The van der Waals surface area contributed by atoms with Gasteiger partial charge in [0.25, 0.3) is 0 Å². The first-order valence-corrected chi connectivity index (χ1v) is 7.83. The zero-order valence-corrected chi connectivity index (χ0v) is 13.5. The molecule has 0 fully saturated rings. The van der Waals surface area contributed by atoms with E-state index >= 15 is 0 Å².